The second kappa shape index (κ2) is 5.95. The van der Waals surface area contributed by atoms with E-state index in [1.165, 1.54) is 11.1 Å². The van der Waals surface area contributed by atoms with Crippen molar-refractivity contribution >= 4 is 17.3 Å². The summed E-state index contributed by atoms with van der Waals surface area (Å²) >= 11 is 0. The van der Waals surface area contributed by atoms with Crippen molar-refractivity contribution in [2.45, 2.75) is 25.8 Å². The molecule has 0 aromatic heterocycles. The number of carbonyl (C=O) groups excluding carboxylic acids is 1. The molecule has 0 radical (unpaired) electrons. The molecule has 118 valence electrons. The van der Waals surface area contributed by atoms with E-state index in [1.807, 2.05) is 24.3 Å². The van der Waals surface area contributed by atoms with Crippen molar-refractivity contribution in [2.24, 2.45) is 5.92 Å². The van der Waals surface area contributed by atoms with Crippen LogP contribution in [-0.2, 0) is 17.8 Å². The topological polar surface area (TPSA) is 50.4 Å². The van der Waals surface area contributed by atoms with Crippen molar-refractivity contribution < 1.29 is 9.53 Å². The minimum Gasteiger partial charge on any atom is -0.493 e. The first-order chi connectivity index (χ1) is 11.3. The number of ether oxygens (including phenoxy) is 1. The molecule has 0 atom stereocenters. The molecule has 0 spiro atoms. The Labute approximate surface area is 135 Å². The SMILES string of the molecule is O=C(Nc1ccc(NCc2ccc3c(c2)CCO3)cc1)C1CC1. The molecule has 23 heavy (non-hydrogen) atoms. The molecule has 1 aliphatic heterocycles. The molecule has 0 saturated heterocycles. The van der Waals surface area contributed by atoms with Crippen molar-refractivity contribution in [3.05, 3.63) is 53.6 Å². The zero-order valence-electron chi connectivity index (χ0n) is 13.0. The van der Waals surface area contributed by atoms with Crippen molar-refractivity contribution in [3.8, 4) is 5.75 Å². The molecule has 1 amide bonds. The first-order valence-corrected chi connectivity index (χ1v) is 8.17. The second-order valence-electron chi connectivity index (χ2n) is 6.23. The van der Waals surface area contributed by atoms with Crippen LogP contribution in [0.2, 0.25) is 0 Å². The molecular formula is C19H20N2O2. The largest absolute Gasteiger partial charge is 0.493 e. The number of hydrogen-bond donors (Lipinski definition) is 2. The van der Waals surface area contributed by atoms with Crippen LogP contribution in [0.15, 0.2) is 42.5 Å². The Kier molecular flexibility index (Phi) is 3.66. The normalized spacial score (nSPS) is 15.7. The molecule has 1 heterocycles. The van der Waals surface area contributed by atoms with E-state index < -0.39 is 0 Å². The van der Waals surface area contributed by atoms with E-state index in [2.05, 4.69) is 28.8 Å². The fourth-order valence-corrected chi connectivity index (χ4v) is 2.82. The molecule has 2 aliphatic rings. The van der Waals surface area contributed by atoms with Gasteiger partial charge in [0.2, 0.25) is 5.91 Å². The predicted octanol–water partition coefficient (Wildman–Crippen LogP) is 3.58. The lowest BCUT2D eigenvalue weighted by Crippen LogP contribution is -2.13. The summed E-state index contributed by atoms with van der Waals surface area (Å²) in [5.41, 5.74) is 4.45. The molecule has 0 unspecified atom stereocenters. The molecule has 0 bridgehead atoms. The highest BCUT2D eigenvalue weighted by molar-refractivity contribution is 5.94. The summed E-state index contributed by atoms with van der Waals surface area (Å²) in [6.45, 7) is 1.57. The number of benzene rings is 2. The van der Waals surface area contributed by atoms with Crippen molar-refractivity contribution in [2.75, 3.05) is 17.2 Å². The summed E-state index contributed by atoms with van der Waals surface area (Å²) in [5, 5.41) is 6.37. The van der Waals surface area contributed by atoms with Crippen LogP contribution in [0.3, 0.4) is 0 Å². The van der Waals surface area contributed by atoms with E-state index >= 15 is 0 Å². The molecule has 1 aliphatic carbocycles. The number of rotatable bonds is 5. The Balaban J connectivity index is 1.34. The van der Waals surface area contributed by atoms with E-state index in [9.17, 15) is 4.79 Å². The van der Waals surface area contributed by atoms with Crippen molar-refractivity contribution in [3.63, 3.8) is 0 Å². The average molecular weight is 308 g/mol. The second-order valence-corrected chi connectivity index (χ2v) is 6.23. The lowest BCUT2D eigenvalue weighted by atomic mass is 10.1. The van der Waals surface area contributed by atoms with E-state index in [4.69, 9.17) is 4.74 Å². The average Bonchev–Trinajstić information content (AvgIpc) is 3.32. The maximum atomic E-state index is 11.7. The van der Waals surface area contributed by atoms with Crippen molar-refractivity contribution in [1.29, 1.82) is 0 Å². The minimum atomic E-state index is 0.145. The van der Waals surface area contributed by atoms with Crippen LogP contribution in [0, 0.1) is 5.92 Å². The predicted molar refractivity (Wildman–Crippen MR) is 90.8 cm³/mol. The van der Waals surface area contributed by atoms with Crippen LogP contribution in [0.1, 0.15) is 24.0 Å². The van der Waals surface area contributed by atoms with Crippen LogP contribution in [-0.4, -0.2) is 12.5 Å². The van der Waals surface area contributed by atoms with Crippen LogP contribution in [0.25, 0.3) is 0 Å². The highest BCUT2D eigenvalue weighted by Gasteiger charge is 2.29. The Bertz CT molecular complexity index is 721. The molecule has 4 nitrogen and oxygen atoms in total. The maximum Gasteiger partial charge on any atom is 0.227 e. The summed E-state index contributed by atoms with van der Waals surface area (Å²) < 4.78 is 5.53. The highest BCUT2D eigenvalue weighted by Crippen LogP contribution is 2.30. The number of fused-ring (bicyclic) bond motifs is 1. The van der Waals surface area contributed by atoms with Crippen LogP contribution >= 0.6 is 0 Å². The maximum absolute atomic E-state index is 11.7. The molecule has 4 rings (SSSR count). The van der Waals surface area contributed by atoms with Gasteiger partial charge in [0.15, 0.2) is 0 Å². The Morgan fingerprint density at radius 3 is 2.65 bits per heavy atom. The fourth-order valence-electron chi connectivity index (χ4n) is 2.82. The molecule has 1 fully saturated rings. The number of hydrogen-bond acceptors (Lipinski definition) is 3. The van der Waals surface area contributed by atoms with Gasteiger partial charge in [0, 0.05) is 30.3 Å². The van der Waals surface area contributed by atoms with E-state index in [0.717, 1.165) is 49.5 Å². The van der Waals surface area contributed by atoms with Crippen LogP contribution in [0.5, 0.6) is 5.75 Å². The monoisotopic (exact) mass is 308 g/mol. The van der Waals surface area contributed by atoms with Gasteiger partial charge in [-0.15, -0.1) is 0 Å². The van der Waals surface area contributed by atoms with Gasteiger partial charge < -0.3 is 15.4 Å². The molecule has 2 aromatic rings. The van der Waals surface area contributed by atoms with E-state index in [-0.39, 0.29) is 11.8 Å². The molecule has 2 N–H and O–H groups in total. The van der Waals surface area contributed by atoms with Crippen molar-refractivity contribution in [1.82, 2.24) is 0 Å². The lowest BCUT2D eigenvalue weighted by Gasteiger charge is -2.09. The van der Waals surface area contributed by atoms with Gasteiger partial charge in [-0.05, 0) is 54.3 Å². The standard InChI is InChI=1S/C19H20N2O2/c22-19(14-2-3-14)21-17-6-4-16(5-7-17)20-12-13-1-8-18-15(11-13)9-10-23-18/h1,4-8,11,14,20H,2-3,9-10,12H2,(H,21,22). The molecule has 1 saturated carbocycles. The minimum absolute atomic E-state index is 0.145. The van der Waals surface area contributed by atoms with Gasteiger partial charge in [0.1, 0.15) is 5.75 Å². The first-order valence-electron chi connectivity index (χ1n) is 8.17. The third-order valence-electron chi connectivity index (χ3n) is 4.35. The van der Waals surface area contributed by atoms with Gasteiger partial charge in [0.05, 0.1) is 6.61 Å². The first kappa shape index (κ1) is 14.1. The Morgan fingerprint density at radius 1 is 1.09 bits per heavy atom. The highest BCUT2D eigenvalue weighted by atomic mass is 16.5. The summed E-state index contributed by atoms with van der Waals surface area (Å²) in [7, 11) is 0. The van der Waals surface area contributed by atoms with Crippen LogP contribution < -0.4 is 15.4 Å². The van der Waals surface area contributed by atoms with Gasteiger partial charge in [-0.25, -0.2) is 0 Å². The fraction of sp³-hybridized carbons (Fsp3) is 0.316. The lowest BCUT2D eigenvalue weighted by molar-refractivity contribution is -0.117. The van der Waals surface area contributed by atoms with Crippen LogP contribution in [0.4, 0.5) is 11.4 Å². The zero-order valence-corrected chi connectivity index (χ0v) is 13.0. The molecule has 4 heteroatoms. The summed E-state index contributed by atoms with van der Waals surface area (Å²) in [6.07, 6.45) is 3.05. The quantitative estimate of drug-likeness (QED) is 0.887. The number of nitrogens with one attached hydrogen (secondary N) is 2. The number of amides is 1. The van der Waals surface area contributed by atoms with E-state index in [0.29, 0.717) is 0 Å². The summed E-state index contributed by atoms with van der Waals surface area (Å²) in [6, 6.07) is 14.2. The van der Waals surface area contributed by atoms with Gasteiger partial charge in [-0.3, -0.25) is 4.79 Å². The Hall–Kier alpha value is -2.49. The third-order valence-corrected chi connectivity index (χ3v) is 4.35. The third kappa shape index (κ3) is 3.31. The summed E-state index contributed by atoms with van der Waals surface area (Å²) in [4.78, 5) is 11.7. The van der Waals surface area contributed by atoms with Gasteiger partial charge in [0.25, 0.3) is 0 Å². The number of carbonyl (C=O) groups is 1. The molecule has 2 aromatic carbocycles. The summed E-state index contributed by atoms with van der Waals surface area (Å²) in [5.74, 6) is 1.40. The smallest absolute Gasteiger partial charge is 0.227 e. The van der Waals surface area contributed by atoms with Gasteiger partial charge in [-0.2, -0.15) is 0 Å². The Morgan fingerprint density at radius 2 is 1.87 bits per heavy atom. The zero-order chi connectivity index (χ0) is 15.6. The van der Waals surface area contributed by atoms with E-state index in [1.54, 1.807) is 0 Å². The molecular weight excluding hydrogens is 288 g/mol. The van der Waals surface area contributed by atoms with Gasteiger partial charge in [-0.1, -0.05) is 12.1 Å². The number of anilines is 2. The van der Waals surface area contributed by atoms with Gasteiger partial charge >= 0.3 is 0 Å².